The molecule has 3 atom stereocenters. The van der Waals surface area contributed by atoms with Crippen molar-refractivity contribution in [2.24, 2.45) is 22.2 Å². The SMILES string of the molecule is CC1(C)C2CC[C@@]3(CO)CCCC=C3[C@@]2(C)CCC12OCCO2. The molecule has 4 aliphatic rings. The Balaban J connectivity index is 1.76. The average molecular weight is 320 g/mol. The fraction of sp³-hybridized carbons (Fsp3) is 0.900. The van der Waals surface area contributed by atoms with E-state index < -0.39 is 0 Å². The minimum absolute atomic E-state index is 0.0103. The maximum Gasteiger partial charge on any atom is 0.173 e. The van der Waals surface area contributed by atoms with Crippen LogP contribution in [0, 0.1) is 22.2 Å². The van der Waals surface area contributed by atoms with Gasteiger partial charge in [0.15, 0.2) is 5.79 Å². The molecule has 1 N–H and O–H groups in total. The Labute approximate surface area is 140 Å². The summed E-state index contributed by atoms with van der Waals surface area (Å²) in [7, 11) is 0. The molecule has 0 amide bonds. The van der Waals surface area contributed by atoms with Crippen molar-refractivity contribution in [1.82, 2.24) is 0 Å². The Kier molecular flexibility index (Phi) is 3.54. The molecule has 1 heterocycles. The normalized spacial score (nSPS) is 44.5. The van der Waals surface area contributed by atoms with Crippen LogP contribution in [0.15, 0.2) is 11.6 Å². The van der Waals surface area contributed by atoms with E-state index >= 15 is 0 Å². The van der Waals surface area contributed by atoms with Gasteiger partial charge in [-0.2, -0.15) is 0 Å². The van der Waals surface area contributed by atoms with Crippen molar-refractivity contribution in [2.75, 3.05) is 19.8 Å². The lowest BCUT2D eigenvalue weighted by Crippen LogP contribution is -2.62. The van der Waals surface area contributed by atoms with E-state index in [1.165, 1.54) is 19.3 Å². The summed E-state index contributed by atoms with van der Waals surface area (Å²) in [5, 5.41) is 10.2. The van der Waals surface area contributed by atoms with E-state index in [2.05, 4.69) is 26.8 Å². The Bertz CT molecular complexity index is 517. The highest BCUT2D eigenvalue weighted by Crippen LogP contribution is 2.68. The van der Waals surface area contributed by atoms with Crippen LogP contribution < -0.4 is 0 Å². The maximum absolute atomic E-state index is 10.2. The third-order valence-corrected chi connectivity index (χ3v) is 7.96. The Morgan fingerprint density at radius 1 is 1.09 bits per heavy atom. The summed E-state index contributed by atoms with van der Waals surface area (Å²) < 4.78 is 12.4. The maximum atomic E-state index is 10.2. The lowest BCUT2D eigenvalue weighted by atomic mass is 9.43. The van der Waals surface area contributed by atoms with Gasteiger partial charge >= 0.3 is 0 Å². The van der Waals surface area contributed by atoms with E-state index in [0.29, 0.717) is 12.5 Å². The molecule has 23 heavy (non-hydrogen) atoms. The van der Waals surface area contributed by atoms with Crippen molar-refractivity contribution in [2.45, 2.75) is 71.5 Å². The largest absolute Gasteiger partial charge is 0.395 e. The smallest absolute Gasteiger partial charge is 0.173 e. The number of aliphatic hydroxyl groups excluding tert-OH is 1. The summed E-state index contributed by atoms with van der Waals surface area (Å²) in [4.78, 5) is 0. The first-order valence-corrected chi connectivity index (χ1v) is 9.50. The predicted molar refractivity (Wildman–Crippen MR) is 89.9 cm³/mol. The molecule has 0 aromatic carbocycles. The molecule has 3 nitrogen and oxygen atoms in total. The van der Waals surface area contributed by atoms with Gasteiger partial charge in [0.1, 0.15) is 0 Å². The second kappa shape index (κ2) is 5.06. The Hall–Kier alpha value is -0.380. The molecule has 0 aromatic rings. The molecular weight excluding hydrogens is 288 g/mol. The van der Waals surface area contributed by atoms with Crippen LogP contribution in [0.1, 0.15) is 65.7 Å². The van der Waals surface area contributed by atoms with Crippen LogP contribution in [0.25, 0.3) is 0 Å². The highest BCUT2D eigenvalue weighted by molar-refractivity contribution is 5.32. The third-order valence-electron chi connectivity index (χ3n) is 7.96. The highest BCUT2D eigenvalue weighted by atomic mass is 16.7. The van der Waals surface area contributed by atoms with Crippen LogP contribution in [0.4, 0.5) is 0 Å². The van der Waals surface area contributed by atoms with Gasteiger partial charge in [0.2, 0.25) is 0 Å². The number of aliphatic hydroxyl groups is 1. The fourth-order valence-electron chi connectivity index (χ4n) is 6.76. The molecule has 2 saturated carbocycles. The van der Waals surface area contributed by atoms with Crippen LogP contribution in [0.3, 0.4) is 0 Å². The number of rotatable bonds is 1. The molecule has 0 bridgehead atoms. The second-order valence-corrected chi connectivity index (χ2v) is 9.13. The molecule has 1 unspecified atom stereocenters. The number of allylic oxidation sites excluding steroid dienone is 1. The second-order valence-electron chi connectivity index (χ2n) is 9.13. The molecule has 1 saturated heterocycles. The molecule has 3 heteroatoms. The zero-order valence-electron chi connectivity index (χ0n) is 15.0. The first-order valence-electron chi connectivity index (χ1n) is 9.50. The summed E-state index contributed by atoms with van der Waals surface area (Å²) >= 11 is 0. The molecule has 3 aliphatic carbocycles. The van der Waals surface area contributed by atoms with Gasteiger partial charge in [-0.25, -0.2) is 0 Å². The third kappa shape index (κ3) is 1.93. The van der Waals surface area contributed by atoms with Gasteiger partial charge in [0, 0.05) is 17.3 Å². The van der Waals surface area contributed by atoms with Crippen molar-refractivity contribution in [3.8, 4) is 0 Å². The standard InChI is InChI=1S/C20H32O3/c1-17(2)15-7-9-19(14-21)8-5-4-6-16(19)18(15,3)10-11-20(17)22-12-13-23-20/h6,15,21H,4-5,7-14H2,1-3H3/t15?,18-,19+/m0/s1. The Morgan fingerprint density at radius 3 is 2.52 bits per heavy atom. The molecule has 0 radical (unpaired) electrons. The van der Waals surface area contributed by atoms with Gasteiger partial charge in [-0.05, 0) is 49.9 Å². The van der Waals surface area contributed by atoms with Crippen molar-refractivity contribution >= 4 is 0 Å². The van der Waals surface area contributed by atoms with Crippen LogP contribution in [-0.2, 0) is 9.47 Å². The summed E-state index contributed by atoms with van der Waals surface area (Å²) in [5.41, 5.74) is 1.82. The first-order chi connectivity index (χ1) is 10.9. The van der Waals surface area contributed by atoms with E-state index in [-0.39, 0.29) is 22.0 Å². The zero-order valence-corrected chi connectivity index (χ0v) is 15.0. The van der Waals surface area contributed by atoms with Crippen LogP contribution in [0.5, 0.6) is 0 Å². The van der Waals surface area contributed by atoms with Crippen molar-refractivity contribution in [3.63, 3.8) is 0 Å². The lowest BCUT2D eigenvalue weighted by Gasteiger charge is -2.64. The molecule has 1 aliphatic heterocycles. The number of hydrogen-bond acceptors (Lipinski definition) is 3. The van der Waals surface area contributed by atoms with Gasteiger partial charge in [0.05, 0.1) is 19.8 Å². The Morgan fingerprint density at radius 2 is 1.83 bits per heavy atom. The number of fused-ring (bicyclic) bond motifs is 3. The number of hydrogen-bond donors (Lipinski definition) is 1. The molecule has 3 fully saturated rings. The van der Waals surface area contributed by atoms with Gasteiger partial charge in [-0.1, -0.05) is 32.4 Å². The average Bonchev–Trinajstić information content (AvgIpc) is 3.03. The summed E-state index contributed by atoms with van der Waals surface area (Å²) in [5.74, 6) is 0.178. The van der Waals surface area contributed by atoms with E-state index in [1.54, 1.807) is 5.57 Å². The fourth-order valence-corrected chi connectivity index (χ4v) is 6.76. The van der Waals surface area contributed by atoms with Gasteiger partial charge < -0.3 is 14.6 Å². The quantitative estimate of drug-likeness (QED) is 0.741. The van der Waals surface area contributed by atoms with Crippen molar-refractivity contribution < 1.29 is 14.6 Å². The zero-order chi connectivity index (χ0) is 16.3. The molecule has 0 aromatic heterocycles. The van der Waals surface area contributed by atoms with E-state index in [4.69, 9.17) is 9.47 Å². The van der Waals surface area contributed by atoms with Gasteiger partial charge in [-0.15, -0.1) is 0 Å². The van der Waals surface area contributed by atoms with Crippen molar-refractivity contribution in [1.29, 1.82) is 0 Å². The molecule has 4 rings (SSSR count). The van der Waals surface area contributed by atoms with E-state index in [0.717, 1.165) is 38.9 Å². The minimum atomic E-state index is -0.383. The van der Waals surface area contributed by atoms with Crippen LogP contribution in [-0.4, -0.2) is 30.7 Å². The van der Waals surface area contributed by atoms with Gasteiger partial charge in [-0.3, -0.25) is 0 Å². The topological polar surface area (TPSA) is 38.7 Å². The van der Waals surface area contributed by atoms with Crippen LogP contribution >= 0.6 is 0 Å². The minimum Gasteiger partial charge on any atom is -0.395 e. The van der Waals surface area contributed by atoms with E-state index in [1.807, 2.05) is 0 Å². The molecule has 130 valence electrons. The highest BCUT2D eigenvalue weighted by Gasteiger charge is 2.65. The van der Waals surface area contributed by atoms with Crippen molar-refractivity contribution in [3.05, 3.63) is 11.6 Å². The monoisotopic (exact) mass is 320 g/mol. The van der Waals surface area contributed by atoms with Crippen LogP contribution in [0.2, 0.25) is 0 Å². The first kappa shape index (κ1) is 16.1. The number of ether oxygens (including phenoxy) is 2. The summed E-state index contributed by atoms with van der Waals surface area (Å²) in [6.07, 6.45) is 10.4. The molecular formula is C20H32O3. The summed E-state index contributed by atoms with van der Waals surface area (Å²) in [6, 6.07) is 0. The predicted octanol–water partition coefficient (Wildman–Crippen LogP) is 4.05. The van der Waals surface area contributed by atoms with E-state index in [9.17, 15) is 5.11 Å². The summed E-state index contributed by atoms with van der Waals surface area (Å²) in [6.45, 7) is 8.96. The van der Waals surface area contributed by atoms with Gasteiger partial charge in [0.25, 0.3) is 0 Å². The molecule has 1 spiro atoms. The lowest BCUT2D eigenvalue weighted by molar-refractivity contribution is -0.285.